The minimum atomic E-state index is 0.712. The van der Waals surface area contributed by atoms with Crippen molar-refractivity contribution in [3.05, 3.63) is 92.2 Å². The molecule has 0 fully saturated rings. The van der Waals surface area contributed by atoms with Crippen LogP contribution in [-0.2, 0) is 13.1 Å². The number of hydrogen-bond acceptors (Lipinski definition) is 4. The maximum atomic E-state index is 6.10. The number of hydrogen-bond donors (Lipinski definition) is 1. The summed E-state index contributed by atoms with van der Waals surface area (Å²) in [7, 11) is 0. The van der Waals surface area contributed by atoms with Gasteiger partial charge in [0.15, 0.2) is 0 Å². The molecule has 0 unspecified atom stereocenters. The van der Waals surface area contributed by atoms with Crippen LogP contribution in [-0.4, -0.2) is 23.0 Å². The van der Waals surface area contributed by atoms with Crippen LogP contribution in [0.1, 0.15) is 16.9 Å². The topological polar surface area (TPSA) is 28.2 Å². The van der Waals surface area contributed by atoms with E-state index in [2.05, 4.69) is 73.6 Å². The highest BCUT2D eigenvalue weighted by molar-refractivity contribution is 9.11. The Labute approximate surface area is 194 Å². The first-order chi connectivity index (χ1) is 14.7. The van der Waals surface area contributed by atoms with Crippen LogP contribution >= 0.6 is 38.9 Å². The van der Waals surface area contributed by atoms with Crippen LogP contribution in [0.4, 0.5) is 5.69 Å². The highest BCUT2D eigenvalue weighted by Crippen LogP contribution is 2.25. The monoisotopic (exact) mass is 499 g/mol. The lowest BCUT2D eigenvalue weighted by molar-refractivity contribution is 0.258. The van der Waals surface area contributed by atoms with Gasteiger partial charge in [0.05, 0.1) is 9.30 Å². The van der Waals surface area contributed by atoms with E-state index in [9.17, 15) is 0 Å². The number of fused-ring (bicyclic) bond motifs is 1. The van der Waals surface area contributed by atoms with Gasteiger partial charge in [-0.05, 0) is 64.3 Å². The molecule has 4 aromatic rings. The first-order valence-corrected chi connectivity index (χ1v) is 11.9. The van der Waals surface area contributed by atoms with Crippen LogP contribution in [0.2, 0.25) is 5.02 Å². The third kappa shape index (κ3) is 5.82. The molecule has 2 aromatic heterocycles. The van der Waals surface area contributed by atoms with Crippen molar-refractivity contribution >= 4 is 55.5 Å². The Hall–Kier alpha value is -1.92. The lowest BCUT2D eigenvalue weighted by Gasteiger charge is -2.22. The van der Waals surface area contributed by atoms with Crippen molar-refractivity contribution in [3.8, 4) is 0 Å². The number of pyridine rings is 1. The molecule has 154 valence electrons. The molecule has 3 nitrogen and oxygen atoms in total. The summed E-state index contributed by atoms with van der Waals surface area (Å²) >= 11 is 11.5. The SMILES string of the molecule is Clc1ccc2c(NCCCN(Cc3ccccc3)Cc3ccc(Br)s3)ccnc2c1. The Morgan fingerprint density at radius 2 is 1.87 bits per heavy atom. The zero-order valence-corrected chi connectivity index (χ0v) is 19.7. The fourth-order valence-electron chi connectivity index (χ4n) is 3.51. The second-order valence-electron chi connectivity index (χ2n) is 7.20. The minimum absolute atomic E-state index is 0.712. The van der Waals surface area contributed by atoms with Gasteiger partial charge in [-0.1, -0.05) is 41.9 Å². The van der Waals surface area contributed by atoms with Gasteiger partial charge in [-0.3, -0.25) is 9.88 Å². The Morgan fingerprint density at radius 3 is 2.67 bits per heavy atom. The van der Waals surface area contributed by atoms with Gasteiger partial charge in [0.2, 0.25) is 0 Å². The Balaban J connectivity index is 1.37. The average molecular weight is 501 g/mol. The van der Waals surface area contributed by atoms with Crippen LogP contribution in [0, 0.1) is 0 Å². The molecular formula is C24H23BrClN3S. The first kappa shape index (κ1) is 21.3. The largest absolute Gasteiger partial charge is 0.384 e. The Morgan fingerprint density at radius 1 is 1.00 bits per heavy atom. The maximum absolute atomic E-state index is 6.10. The average Bonchev–Trinajstić information content (AvgIpc) is 3.16. The van der Waals surface area contributed by atoms with Crippen LogP contribution < -0.4 is 5.32 Å². The molecule has 0 saturated carbocycles. The molecule has 0 spiro atoms. The predicted octanol–water partition coefficient (Wildman–Crippen LogP) is 7.22. The van der Waals surface area contributed by atoms with Crippen molar-refractivity contribution in [2.45, 2.75) is 19.5 Å². The summed E-state index contributed by atoms with van der Waals surface area (Å²) in [6.45, 7) is 3.84. The molecule has 4 rings (SSSR count). The molecule has 0 aliphatic rings. The van der Waals surface area contributed by atoms with Crippen molar-refractivity contribution in [3.63, 3.8) is 0 Å². The van der Waals surface area contributed by atoms with Crippen molar-refractivity contribution in [1.82, 2.24) is 9.88 Å². The van der Waals surface area contributed by atoms with Gasteiger partial charge in [0.25, 0.3) is 0 Å². The smallest absolute Gasteiger partial charge is 0.0737 e. The van der Waals surface area contributed by atoms with Gasteiger partial charge in [-0.2, -0.15) is 0 Å². The second kappa shape index (κ2) is 10.4. The summed E-state index contributed by atoms with van der Waals surface area (Å²) in [4.78, 5) is 8.31. The van der Waals surface area contributed by atoms with Gasteiger partial charge < -0.3 is 5.32 Å². The summed E-state index contributed by atoms with van der Waals surface area (Å²) in [5, 5.41) is 5.39. The molecule has 0 aliphatic heterocycles. The third-order valence-electron chi connectivity index (χ3n) is 4.93. The standard InChI is InChI=1S/C24H23BrClN3S/c25-24-10-8-20(30-24)17-29(16-18-5-2-1-3-6-18)14-4-12-27-22-11-13-28-23-15-19(26)7-9-21(22)23/h1-3,5-11,13,15H,4,12,14,16-17H2,(H,27,28). The predicted molar refractivity (Wildman–Crippen MR) is 132 cm³/mol. The molecule has 2 heterocycles. The molecule has 2 aromatic carbocycles. The summed E-state index contributed by atoms with van der Waals surface area (Å²) < 4.78 is 1.18. The van der Waals surface area contributed by atoms with Crippen LogP contribution in [0.3, 0.4) is 0 Å². The van der Waals surface area contributed by atoms with E-state index >= 15 is 0 Å². The highest BCUT2D eigenvalue weighted by Gasteiger charge is 2.09. The number of rotatable bonds is 9. The fraction of sp³-hybridized carbons (Fsp3) is 0.208. The van der Waals surface area contributed by atoms with E-state index in [1.165, 1.54) is 14.2 Å². The number of nitrogens with zero attached hydrogens (tertiary/aromatic N) is 2. The lowest BCUT2D eigenvalue weighted by atomic mass is 10.2. The molecule has 0 bridgehead atoms. The van der Waals surface area contributed by atoms with E-state index in [1.54, 1.807) is 11.3 Å². The van der Waals surface area contributed by atoms with Gasteiger partial charge in [-0.15, -0.1) is 11.3 Å². The molecule has 0 saturated heterocycles. The van der Waals surface area contributed by atoms with Gasteiger partial charge in [-0.25, -0.2) is 0 Å². The molecule has 6 heteroatoms. The van der Waals surface area contributed by atoms with E-state index in [0.717, 1.165) is 49.2 Å². The number of aromatic nitrogens is 1. The van der Waals surface area contributed by atoms with E-state index in [0.29, 0.717) is 5.02 Å². The minimum Gasteiger partial charge on any atom is -0.384 e. The van der Waals surface area contributed by atoms with Gasteiger partial charge >= 0.3 is 0 Å². The number of thiophene rings is 1. The van der Waals surface area contributed by atoms with Crippen molar-refractivity contribution in [1.29, 1.82) is 0 Å². The van der Waals surface area contributed by atoms with Gasteiger partial charge in [0, 0.05) is 53.3 Å². The summed E-state index contributed by atoms with van der Waals surface area (Å²) in [5.74, 6) is 0. The number of halogens is 2. The number of nitrogens with one attached hydrogen (secondary N) is 1. The van der Waals surface area contributed by atoms with E-state index in [1.807, 2.05) is 30.5 Å². The zero-order chi connectivity index (χ0) is 20.8. The molecular weight excluding hydrogens is 478 g/mol. The zero-order valence-electron chi connectivity index (χ0n) is 16.5. The second-order valence-corrected chi connectivity index (χ2v) is 10.2. The quantitative estimate of drug-likeness (QED) is 0.246. The maximum Gasteiger partial charge on any atom is 0.0737 e. The van der Waals surface area contributed by atoms with Crippen molar-refractivity contribution < 1.29 is 0 Å². The number of anilines is 1. The van der Waals surface area contributed by atoms with Crippen molar-refractivity contribution in [2.24, 2.45) is 0 Å². The molecule has 0 aliphatic carbocycles. The normalized spacial score (nSPS) is 11.3. The van der Waals surface area contributed by atoms with Crippen LogP contribution in [0.15, 0.2) is 76.7 Å². The molecule has 0 radical (unpaired) electrons. The van der Waals surface area contributed by atoms with E-state index in [4.69, 9.17) is 11.6 Å². The van der Waals surface area contributed by atoms with Gasteiger partial charge in [0.1, 0.15) is 0 Å². The molecule has 0 amide bonds. The highest BCUT2D eigenvalue weighted by atomic mass is 79.9. The first-order valence-electron chi connectivity index (χ1n) is 9.96. The fourth-order valence-corrected chi connectivity index (χ4v) is 5.21. The Kier molecular flexibility index (Phi) is 7.39. The summed E-state index contributed by atoms with van der Waals surface area (Å²) in [5.41, 5.74) is 3.37. The summed E-state index contributed by atoms with van der Waals surface area (Å²) in [6, 6.07) is 22.9. The van der Waals surface area contributed by atoms with Crippen molar-refractivity contribution in [2.75, 3.05) is 18.4 Å². The lowest BCUT2D eigenvalue weighted by Crippen LogP contribution is -2.25. The van der Waals surface area contributed by atoms with E-state index < -0.39 is 0 Å². The van der Waals surface area contributed by atoms with Crippen LogP contribution in [0.25, 0.3) is 10.9 Å². The number of benzene rings is 2. The molecule has 1 N–H and O–H groups in total. The van der Waals surface area contributed by atoms with Crippen LogP contribution in [0.5, 0.6) is 0 Å². The third-order valence-corrected chi connectivity index (χ3v) is 6.77. The summed E-state index contributed by atoms with van der Waals surface area (Å²) in [6.07, 6.45) is 2.88. The Bertz CT molecular complexity index is 1100. The molecule has 30 heavy (non-hydrogen) atoms. The molecule has 0 atom stereocenters. The van der Waals surface area contributed by atoms with E-state index in [-0.39, 0.29) is 0 Å².